The zero-order valence-corrected chi connectivity index (χ0v) is 15.2. The quantitative estimate of drug-likeness (QED) is 0.669. The smallest absolute Gasteiger partial charge is 0.0738 e. The highest BCUT2D eigenvalue weighted by molar-refractivity contribution is 8.93. The first-order chi connectivity index (χ1) is 11.3. The van der Waals surface area contributed by atoms with Gasteiger partial charge in [-0.3, -0.25) is 0 Å². The fourth-order valence-corrected chi connectivity index (χ4v) is 3.56. The van der Waals surface area contributed by atoms with Crippen LogP contribution in [0.2, 0.25) is 0 Å². The predicted molar refractivity (Wildman–Crippen MR) is 101 cm³/mol. The summed E-state index contributed by atoms with van der Waals surface area (Å²) in [5.74, 6) is 0.493. The van der Waals surface area contributed by atoms with Crippen LogP contribution in [0.5, 0.6) is 0 Å². The maximum absolute atomic E-state index is 9.80. The number of hydrogen-bond donors (Lipinski definition) is 2. The van der Waals surface area contributed by atoms with Crippen molar-refractivity contribution in [1.82, 2.24) is 15.3 Å². The number of rotatable bonds is 3. The third-order valence-corrected chi connectivity index (χ3v) is 4.78. The first-order valence-corrected chi connectivity index (χ1v) is 8.26. The van der Waals surface area contributed by atoms with E-state index in [9.17, 15) is 5.21 Å². The van der Waals surface area contributed by atoms with Gasteiger partial charge >= 0.3 is 0 Å². The molecule has 1 aliphatic rings. The Morgan fingerprint density at radius 2 is 1.83 bits per heavy atom. The van der Waals surface area contributed by atoms with Crippen LogP contribution in [0.1, 0.15) is 35.6 Å². The zero-order valence-electron chi connectivity index (χ0n) is 13.5. The number of piperidine rings is 1. The minimum atomic E-state index is 0. The van der Waals surface area contributed by atoms with Gasteiger partial charge < -0.3 is 10.5 Å². The van der Waals surface area contributed by atoms with E-state index in [-0.39, 0.29) is 17.0 Å². The Balaban J connectivity index is 0.00000169. The Morgan fingerprint density at radius 1 is 1.08 bits per heavy atom. The van der Waals surface area contributed by atoms with Crippen molar-refractivity contribution in [3.8, 4) is 0 Å². The van der Waals surface area contributed by atoms with Crippen LogP contribution in [0.25, 0.3) is 10.8 Å². The number of fused-ring (bicyclic) bond motifs is 1. The van der Waals surface area contributed by atoms with Gasteiger partial charge in [0.2, 0.25) is 0 Å². The minimum absolute atomic E-state index is 0. The maximum Gasteiger partial charge on any atom is 0.0738 e. The summed E-state index contributed by atoms with van der Waals surface area (Å²) in [6.07, 6.45) is 4.76. The molecular formula is C19H22BrN3O. The Morgan fingerprint density at radius 3 is 2.62 bits per heavy atom. The topological polar surface area (TPSA) is 50.1 Å². The Kier molecular flexibility index (Phi) is 5.21. The van der Waals surface area contributed by atoms with Crippen molar-refractivity contribution >= 4 is 27.8 Å². The first kappa shape index (κ1) is 17.0. The lowest BCUT2D eigenvalue weighted by Crippen LogP contribution is -2.26. The van der Waals surface area contributed by atoms with Gasteiger partial charge in [-0.1, -0.05) is 42.5 Å². The summed E-state index contributed by atoms with van der Waals surface area (Å²) in [6, 6.07) is 14.9. The maximum atomic E-state index is 9.80. The van der Waals surface area contributed by atoms with E-state index < -0.39 is 0 Å². The van der Waals surface area contributed by atoms with Crippen molar-refractivity contribution < 1.29 is 5.21 Å². The molecule has 0 bridgehead atoms. The van der Waals surface area contributed by atoms with Gasteiger partial charge in [0.15, 0.2) is 0 Å². The first-order valence-electron chi connectivity index (χ1n) is 8.26. The van der Waals surface area contributed by atoms with E-state index in [1.54, 1.807) is 6.20 Å². The van der Waals surface area contributed by atoms with Crippen molar-refractivity contribution in [3.05, 3.63) is 65.5 Å². The molecule has 0 spiro atoms. The third-order valence-electron chi connectivity index (χ3n) is 4.78. The van der Waals surface area contributed by atoms with Gasteiger partial charge in [-0.15, -0.1) is 26.9 Å². The molecule has 3 aromatic rings. The highest BCUT2D eigenvalue weighted by atomic mass is 79.9. The molecule has 0 atom stereocenters. The Bertz CT molecular complexity index is 824. The summed E-state index contributed by atoms with van der Waals surface area (Å²) in [5.41, 5.74) is 3.43. The predicted octanol–water partition coefficient (Wildman–Crippen LogP) is 3.91. The van der Waals surface area contributed by atoms with Crippen LogP contribution in [-0.4, -0.2) is 28.2 Å². The number of hydrogen-bond acceptors (Lipinski definition) is 3. The summed E-state index contributed by atoms with van der Waals surface area (Å²) in [5, 5.41) is 20.0. The summed E-state index contributed by atoms with van der Waals surface area (Å²) < 4.78 is 0. The van der Waals surface area contributed by atoms with Crippen LogP contribution in [0.4, 0.5) is 0 Å². The standard InChI is InChI=1S/C19H21N3O.BrH/c23-22-13-18(16-7-9-20-10-8-16)19(21-22)12-14-5-6-15-3-1-2-4-17(15)11-14;/h1-6,11,13,16,20,23H,7-10,12H2;1H. The monoisotopic (exact) mass is 387 g/mol. The van der Waals surface area contributed by atoms with E-state index in [4.69, 9.17) is 0 Å². The molecule has 0 amide bonds. The molecule has 1 aromatic heterocycles. The van der Waals surface area contributed by atoms with E-state index in [0.29, 0.717) is 5.92 Å². The molecule has 1 saturated heterocycles. The van der Waals surface area contributed by atoms with Gasteiger partial charge in [0.1, 0.15) is 0 Å². The largest absolute Gasteiger partial charge is 0.412 e. The van der Waals surface area contributed by atoms with Crippen LogP contribution in [-0.2, 0) is 6.42 Å². The Labute approximate surface area is 152 Å². The second kappa shape index (κ2) is 7.36. The van der Waals surface area contributed by atoms with E-state index in [1.165, 1.54) is 21.9 Å². The summed E-state index contributed by atoms with van der Waals surface area (Å²) in [6.45, 7) is 2.08. The molecular weight excluding hydrogens is 366 g/mol. The van der Waals surface area contributed by atoms with Crippen molar-refractivity contribution in [2.45, 2.75) is 25.2 Å². The van der Waals surface area contributed by atoms with Gasteiger partial charge in [0.05, 0.1) is 11.9 Å². The molecule has 126 valence electrons. The molecule has 0 radical (unpaired) electrons. The molecule has 24 heavy (non-hydrogen) atoms. The lowest BCUT2D eigenvalue weighted by atomic mass is 9.89. The fourth-order valence-electron chi connectivity index (χ4n) is 3.56. The molecule has 0 unspecified atom stereocenters. The summed E-state index contributed by atoms with van der Waals surface area (Å²) in [4.78, 5) is 0.980. The fraction of sp³-hybridized carbons (Fsp3) is 0.316. The highest BCUT2D eigenvalue weighted by Crippen LogP contribution is 2.29. The van der Waals surface area contributed by atoms with E-state index in [2.05, 4.69) is 52.9 Å². The van der Waals surface area contributed by atoms with Gasteiger partial charge in [-0.2, -0.15) is 0 Å². The highest BCUT2D eigenvalue weighted by Gasteiger charge is 2.21. The molecule has 4 rings (SSSR count). The lowest BCUT2D eigenvalue weighted by molar-refractivity contribution is 0.147. The van der Waals surface area contributed by atoms with E-state index in [1.807, 2.05) is 0 Å². The molecule has 0 aliphatic carbocycles. The summed E-state index contributed by atoms with van der Waals surface area (Å²) in [7, 11) is 0. The molecule has 5 heteroatoms. The van der Waals surface area contributed by atoms with E-state index >= 15 is 0 Å². The molecule has 4 nitrogen and oxygen atoms in total. The van der Waals surface area contributed by atoms with Crippen LogP contribution >= 0.6 is 17.0 Å². The average molecular weight is 388 g/mol. The average Bonchev–Trinajstić information content (AvgIpc) is 2.96. The summed E-state index contributed by atoms with van der Waals surface area (Å²) >= 11 is 0. The Hall–Kier alpha value is -1.85. The van der Waals surface area contributed by atoms with Crippen molar-refractivity contribution in [1.29, 1.82) is 0 Å². The molecule has 2 aromatic carbocycles. The van der Waals surface area contributed by atoms with Crippen molar-refractivity contribution in [2.75, 3.05) is 13.1 Å². The SMILES string of the molecule is Br.On1cc(C2CCNCC2)c(Cc2ccc3ccccc3c2)n1. The van der Waals surface area contributed by atoms with Crippen LogP contribution in [0.3, 0.4) is 0 Å². The van der Waals surface area contributed by atoms with E-state index in [0.717, 1.165) is 42.9 Å². The van der Waals surface area contributed by atoms with Crippen LogP contribution in [0.15, 0.2) is 48.7 Å². The number of halogens is 1. The molecule has 0 saturated carbocycles. The van der Waals surface area contributed by atoms with Crippen molar-refractivity contribution in [2.24, 2.45) is 0 Å². The van der Waals surface area contributed by atoms with Gasteiger partial charge in [-0.05, 0) is 48.2 Å². The number of nitrogens with zero attached hydrogens (tertiary/aromatic N) is 2. The second-order valence-corrected chi connectivity index (χ2v) is 6.33. The molecule has 2 N–H and O–H groups in total. The zero-order chi connectivity index (χ0) is 15.6. The van der Waals surface area contributed by atoms with Gasteiger partial charge in [-0.25, -0.2) is 0 Å². The number of nitrogens with one attached hydrogen (secondary N) is 1. The van der Waals surface area contributed by atoms with Gasteiger partial charge in [0.25, 0.3) is 0 Å². The molecule has 2 heterocycles. The lowest BCUT2D eigenvalue weighted by Gasteiger charge is -2.22. The van der Waals surface area contributed by atoms with Crippen molar-refractivity contribution in [3.63, 3.8) is 0 Å². The second-order valence-electron chi connectivity index (χ2n) is 6.33. The van der Waals surface area contributed by atoms with Gasteiger partial charge in [0, 0.05) is 12.0 Å². The van der Waals surface area contributed by atoms with Crippen LogP contribution < -0.4 is 5.32 Å². The molecule has 1 fully saturated rings. The third kappa shape index (κ3) is 3.47. The molecule has 1 aliphatic heterocycles. The minimum Gasteiger partial charge on any atom is -0.412 e. The van der Waals surface area contributed by atoms with Crippen LogP contribution in [0, 0.1) is 0 Å². The normalized spacial score (nSPS) is 15.3. The number of aromatic nitrogens is 2. The number of benzene rings is 2.